The van der Waals surface area contributed by atoms with E-state index in [1.807, 2.05) is 6.92 Å². The van der Waals surface area contributed by atoms with Crippen LogP contribution in [0.15, 0.2) is 18.2 Å². The normalized spacial score (nSPS) is 24.4. The topological polar surface area (TPSA) is 62.3 Å². The SMILES string of the molecule is CCc1cccc2c3c([nH]c12)C(CC)(CC(=O)O)OCC3C. The zero-order chi connectivity index (χ0) is 15.9. The Kier molecular flexibility index (Phi) is 3.73. The summed E-state index contributed by atoms with van der Waals surface area (Å²) in [4.78, 5) is 14.9. The lowest BCUT2D eigenvalue weighted by Crippen LogP contribution is -2.38. The highest BCUT2D eigenvalue weighted by molar-refractivity contribution is 5.89. The van der Waals surface area contributed by atoms with Gasteiger partial charge in [0.1, 0.15) is 5.60 Å². The van der Waals surface area contributed by atoms with Gasteiger partial charge in [0.15, 0.2) is 0 Å². The first kappa shape index (κ1) is 15.1. The molecule has 0 saturated carbocycles. The number of aromatic amines is 1. The Hall–Kier alpha value is -1.81. The van der Waals surface area contributed by atoms with Gasteiger partial charge in [0.2, 0.25) is 0 Å². The maximum absolute atomic E-state index is 11.4. The van der Waals surface area contributed by atoms with Crippen molar-refractivity contribution in [3.63, 3.8) is 0 Å². The number of hydrogen-bond donors (Lipinski definition) is 2. The van der Waals surface area contributed by atoms with Gasteiger partial charge in [0.25, 0.3) is 0 Å². The first-order chi connectivity index (χ1) is 10.5. The molecular formula is C18H23NO3. The molecule has 4 heteroatoms. The second kappa shape index (κ2) is 5.43. The van der Waals surface area contributed by atoms with Gasteiger partial charge in [-0.05, 0) is 24.0 Å². The highest BCUT2D eigenvalue weighted by atomic mass is 16.5. The third kappa shape index (κ3) is 2.13. The second-order valence-corrected chi connectivity index (χ2v) is 6.24. The van der Waals surface area contributed by atoms with Gasteiger partial charge < -0.3 is 14.8 Å². The predicted octanol–water partition coefficient (Wildman–Crippen LogP) is 3.94. The molecule has 0 fully saturated rings. The van der Waals surface area contributed by atoms with Crippen LogP contribution in [-0.4, -0.2) is 22.7 Å². The summed E-state index contributed by atoms with van der Waals surface area (Å²) >= 11 is 0. The molecule has 1 aliphatic heterocycles. The molecule has 0 spiro atoms. The van der Waals surface area contributed by atoms with E-state index in [0.29, 0.717) is 13.0 Å². The summed E-state index contributed by atoms with van der Waals surface area (Å²) in [5.41, 5.74) is 3.86. The van der Waals surface area contributed by atoms with Crippen LogP contribution in [0.5, 0.6) is 0 Å². The third-order valence-corrected chi connectivity index (χ3v) is 4.91. The Balaban J connectivity index is 2.28. The van der Waals surface area contributed by atoms with Gasteiger partial charge in [-0.15, -0.1) is 0 Å². The largest absolute Gasteiger partial charge is 0.481 e. The Labute approximate surface area is 130 Å². The lowest BCUT2D eigenvalue weighted by Gasteiger charge is -2.38. The standard InChI is InChI=1S/C18H23NO3/c1-4-12-7-6-8-13-15-11(3)10-22-18(5-2,9-14(20)21)17(15)19-16(12)13/h6-8,11,19H,4-5,9-10H2,1-3H3,(H,20,21). The molecule has 0 amide bonds. The van der Waals surface area contributed by atoms with Crippen molar-refractivity contribution in [1.29, 1.82) is 0 Å². The fourth-order valence-corrected chi connectivity index (χ4v) is 3.69. The number of para-hydroxylation sites is 1. The number of ether oxygens (including phenoxy) is 1. The number of aliphatic carboxylic acids is 1. The average Bonchev–Trinajstić information content (AvgIpc) is 2.90. The highest BCUT2D eigenvalue weighted by Gasteiger charge is 2.43. The van der Waals surface area contributed by atoms with Crippen LogP contribution in [0.3, 0.4) is 0 Å². The molecule has 0 radical (unpaired) electrons. The smallest absolute Gasteiger partial charge is 0.306 e. The first-order valence-corrected chi connectivity index (χ1v) is 8.02. The van der Waals surface area contributed by atoms with Gasteiger partial charge in [-0.2, -0.15) is 0 Å². The molecule has 0 saturated heterocycles. The van der Waals surface area contributed by atoms with Crippen molar-refractivity contribution in [1.82, 2.24) is 4.98 Å². The molecule has 118 valence electrons. The van der Waals surface area contributed by atoms with Gasteiger partial charge in [-0.1, -0.05) is 39.0 Å². The molecule has 22 heavy (non-hydrogen) atoms. The number of H-pyrrole nitrogens is 1. The molecule has 3 rings (SSSR count). The van der Waals surface area contributed by atoms with Crippen LogP contribution in [0.4, 0.5) is 0 Å². The summed E-state index contributed by atoms with van der Waals surface area (Å²) in [5.74, 6) is -0.555. The minimum absolute atomic E-state index is 0.00248. The van der Waals surface area contributed by atoms with Gasteiger partial charge in [0, 0.05) is 16.8 Å². The maximum atomic E-state index is 11.4. The van der Waals surface area contributed by atoms with Gasteiger partial charge >= 0.3 is 5.97 Å². The first-order valence-electron chi connectivity index (χ1n) is 8.02. The molecule has 0 aliphatic carbocycles. The van der Waals surface area contributed by atoms with Crippen molar-refractivity contribution in [2.75, 3.05) is 6.61 Å². The second-order valence-electron chi connectivity index (χ2n) is 6.24. The van der Waals surface area contributed by atoms with Gasteiger partial charge in [-0.3, -0.25) is 4.79 Å². The van der Waals surface area contributed by atoms with Crippen molar-refractivity contribution < 1.29 is 14.6 Å². The molecule has 4 nitrogen and oxygen atoms in total. The van der Waals surface area contributed by atoms with Crippen molar-refractivity contribution >= 4 is 16.9 Å². The quantitative estimate of drug-likeness (QED) is 0.899. The fourth-order valence-electron chi connectivity index (χ4n) is 3.69. The van der Waals surface area contributed by atoms with Crippen molar-refractivity contribution in [3.05, 3.63) is 35.0 Å². The monoisotopic (exact) mass is 301 g/mol. The number of carbonyl (C=O) groups is 1. The number of nitrogens with one attached hydrogen (secondary N) is 1. The van der Waals surface area contributed by atoms with E-state index in [0.717, 1.165) is 17.6 Å². The molecule has 1 aromatic heterocycles. The summed E-state index contributed by atoms with van der Waals surface area (Å²) in [6.07, 6.45) is 1.59. The molecule has 2 atom stereocenters. The third-order valence-electron chi connectivity index (χ3n) is 4.91. The minimum Gasteiger partial charge on any atom is -0.481 e. The minimum atomic E-state index is -0.822. The number of fused-ring (bicyclic) bond motifs is 3. The van der Waals surface area contributed by atoms with Crippen LogP contribution in [-0.2, 0) is 21.6 Å². The number of carboxylic acids is 1. The zero-order valence-corrected chi connectivity index (χ0v) is 13.4. The van der Waals surface area contributed by atoms with Gasteiger partial charge in [-0.25, -0.2) is 0 Å². The molecule has 2 unspecified atom stereocenters. The molecule has 1 aliphatic rings. The lowest BCUT2D eigenvalue weighted by molar-refractivity contribution is -0.149. The van der Waals surface area contributed by atoms with E-state index in [-0.39, 0.29) is 12.3 Å². The Morgan fingerprint density at radius 1 is 1.45 bits per heavy atom. The molecule has 2 aromatic rings. The summed E-state index contributed by atoms with van der Waals surface area (Å²) in [6, 6.07) is 6.34. The predicted molar refractivity (Wildman–Crippen MR) is 86.3 cm³/mol. The summed E-state index contributed by atoms with van der Waals surface area (Å²) in [6.45, 7) is 6.84. The number of benzene rings is 1. The van der Waals surface area contributed by atoms with Crippen LogP contribution >= 0.6 is 0 Å². The fraction of sp³-hybridized carbons (Fsp3) is 0.500. The average molecular weight is 301 g/mol. The van der Waals surface area contributed by atoms with E-state index < -0.39 is 11.6 Å². The molecule has 2 N–H and O–H groups in total. The van der Waals surface area contributed by atoms with Crippen molar-refractivity contribution in [2.45, 2.75) is 51.6 Å². The maximum Gasteiger partial charge on any atom is 0.306 e. The van der Waals surface area contributed by atoms with Crippen LogP contribution < -0.4 is 0 Å². The van der Waals surface area contributed by atoms with E-state index in [1.165, 1.54) is 16.5 Å². The number of aryl methyl sites for hydroxylation is 1. The molecule has 2 heterocycles. The van der Waals surface area contributed by atoms with E-state index in [4.69, 9.17) is 4.74 Å². The Morgan fingerprint density at radius 2 is 2.23 bits per heavy atom. The van der Waals surface area contributed by atoms with Crippen LogP contribution in [0.2, 0.25) is 0 Å². The lowest BCUT2D eigenvalue weighted by atomic mass is 9.82. The summed E-state index contributed by atoms with van der Waals surface area (Å²) < 4.78 is 6.06. The number of rotatable bonds is 4. The van der Waals surface area contributed by atoms with E-state index in [2.05, 4.69) is 37.0 Å². The molecule has 0 bridgehead atoms. The molecule has 1 aromatic carbocycles. The Morgan fingerprint density at radius 3 is 2.86 bits per heavy atom. The van der Waals surface area contributed by atoms with E-state index in [9.17, 15) is 9.90 Å². The summed E-state index contributed by atoms with van der Waals surface area (Å²) in [5, 5.41) is 10.6. The number of carboxylic acid groups (broad SMARTS) is 1. The zero-order valence-electron chi connectivity index (χ0n) is 13.4. The number of hydrogen-bond acceptors (Lipinski definition) is 2. The Bertz CT molecular complexity index is 718. The van der Waals surface area contributed by atoms with Crippen molar-refractivity contribution in [3.8, 4) is 0 Å². The van der Waals surface area contributed by atoms with Crippen molar-refractivity contribution in [2.24, 2.45) is 0 Å². The van der Waals surface area contributed by atoms with E-state index in [1.54, 1.807) is 0 Å². The van der Waals surface area contributed by atoms with Crippen LogP contribution in [0.1, 0.15) is 56.4 Å². The summed E-state index contributed by atoms with van der Waals surface area (Å²) in [7, 11) is 0. The molecular weight excluding hydrogens is 278 g/mol. The van der Waals surface area contributed by atoms with Crippen LogP contribution in [0.25, 0.3) is 10.9 Å². The van der Waals surface area contributed by atoms with Gasteiger partial charge in [0.05, 0.1) is 18.7 Å². The number of aromatic nitrogens is 1. The highest BCUT2D eigenvalue weighted by Crippen LogP contribution is 2.45. The van der Waals surface area contributed by atoms with E-state index >= 15 is 0 Å². The van der Waals surface area contributed by atoms with Crippen LogP contribution in [0, 0.1) is 0 Å².